The van der Waals surface area contributed by atoms with Gasteiger partial charge in [-0.05, 0) is 36.8 Å². The Labute approximate surface area is 143 Å². The minimum Gasteiger partial charge on any atom is -0.465 e. The van der Waals surface area contributed by atoms with E-state index in [1.807, 2.05) is 25.1 Å². The number of carbonyl (C=O) groups is 2. The number of nitrogens with zero attached hydrogens (tertiary/aromatic N) is 1. The Morgan fingerprint density at radius 2 is 1.78 bits per heavy atom. The molecule has 0 saturated heterocycles. The van der Waals surface area contributed by atoms with E-state index in [4.69, 9.17) is 9.47 Å². The Morgan fingerprint density at radius 1 is 1.09 bits per heavy atom. The Hall–Kier alpha value is -2.34. The molecule has 0 N–H and O–H groups in total. The number of methoxy groups -OCH3 is 2. The molecule has 1 aliphatic rings. The molecule has 120 valence electrons. The molecule has 1 heterocycles. The third-order valence-electron chi connectivity index (χ3n) is 3.32. The topological polar surface area (TPSA) is 55.8 Å². The number of rotatable bonds is 3. The van der Waals surface area contributed by atoms with Crippen LogP contribution >= 0.6 is 15.9 Å². The monoisotopic (exact) mass is 377 g/mol. The summed E-state index contributed by atoms with van der Waals surface area (Å²) < 4.78 is 10.5. The molecule has 1 aliphatic heterocycles. The fourth-order valence-corrected chi connectivity index (χ4v) is 2.46. The van der Waals surface area contributed by atoms with Gasteiger partial charge in [0.1, 0.15) is 5.70 Å². The van der Waals surface area contributed by atoms with E-state index in [9.17, 15) is 9.59 Å². The van der Waals surface area contributed by atoms with Gasteiger partial charge in [0.2, 0.25) is 0 Å². The number of allylic oxidation sites excluding steroid dienone is 2. The molecule has 0 atom stereocenters. The SMILES string of the molecule is COC(=O)C1=C(C(=O)OC)N(c2ccc(C)c(Br)c2)C=CC=C1. The lowest BCUT2D eigenvalue weighted by Crippen LogP contribution is -2.26. The van der Waals surface area contributed by atoms with E-state index in [-0.39, 0.29) is 11.3 Å². The molecule has 0 bridgehead atoms. The van der Waals surface area contributed by atoms with Crippen molar-refractivity contribution in [1.82, 2.24) is 0 Å². The molecule has 0 unspecified atom stereocenters. The molecule has 6 heteroatoms. The molecule has 5 nitrogen and oxygen atoms in total. The van der Waals surface area contributed by atoms with E-state index in [1.54, 1.807) is 23.3 Å². The zero-order valence-electron chi connectivity index (χ0n) is 13.0. The molecular formula is C17H16BrNO4. The second kappa shape index (κ2) is 7.28. The minimum atomic E-state index is -0.627. The van der Waals surface area contributed by atoms with Gasteiger partial charge in [0.25, 0.3) is 0 Å². The average molecular weight is 378 g/mol. The molecule has 23 heavy (non-hydrogen) atoms. The molecule has 0 amide bonds. The highest BCUT2D eigenvalue weighted by Gasteiger charge is 2.27. The lowest BCUT2D eigenvalue weighted by Gasteiger charge is -2.23. The predicted octanol–water partition coefficient (Wildman–Crippen LogP) is 3.25. The van der Waals surface area contributed by atoms with E-state index < -0.39 is 11.9 Å². The van der Waals surface area contributed by atoms with Gasteiger partial charge in [-0.1, -0.05) is 28.1 Å². The number of halogens is 1. The first kappa shape index (κ1) is 17.0. The van der Waals surface area contributed by atoms with E-state index in [1.165, 1.54) is 20.3 Å². The second-order valence-electron chi connectivity index (χ2n) is 4.75. The van der Waals surface area contributed by atoms with Gasteiger partial charge in [0, 0.05) is 16.4 Å². The van der Waals surface area contributed by atoms with Crippen LogP contribution in [0.2, 0.25) is 0 Å². The summed E-state index contributed by atoms with van der Waals surface area (Å²) in [5, 5.41) is 0. The number of aryl methyl sites for hydroxylation is 1. The maximum absolute atomic E-state index is 12.3. The summed E-state index contributed by atoms with van der Waals surface area (Å²) in [4.78, 5) is 25.9. The van der Waals surface area contributed by atoms with Gasteiger partial charge < -0.3 is 14.4 Å². The molecule has 2 rings (SSSR count). The van der Waals surface area contributed by atoms with Crippen LogP contribution in [-0.2, 0) is 19.1 Å². The third kappa shape index (κ3) is 3.53. The Balaban J connectivity index is 2.65. The summed E-state index contributed by atoms with van der Waals surface area (Å²) in [5.74, 6) is -1.24. The minimum absolute atomic E-state index is 0.0973. The maximum atomic E-state index is 12.3. The smallest absolute Gasteiger partial charge is 0.355 e. The Bertz CT molecular complexity index is 734. The van der Waals surface area contributed by atoms with Crippen LogP contribution in [0, 0.1) is 6.92 Å². The van der Waals surface area contributed by atoms with Crippen molar-refractivity contribution in [2.24, 2.45) is 0 Å². The number of carbonyl (C=O) groups excluding carboxylic acids is 2. The van der Waals surface area contributed by atoms with Gasteiger partial charge in [-0.2, -0.15) is 0 Å². The van der Waals surface area contributed by atoms with Crippen LogP contribution in [0.4, 0.5) is 5.69 Å². The molecule has 0 aromatic heterocycles. The van der Waals surface area contributed by atoms with Crippen molar-refractivity contribution in [3.05, 3.63) is 63.9 Å². The zero-order valence-corrected chi connectivity index (χ0v) is 14.6. The molecular weight excluding hydrogens is 362 g/mol. The van der Waals surface area contributed by atoms with Crippen molar-refractivity contribution in [2.75, 3.05) is 19.1 Å². The molecule has 1 aromatic rings. The first-order valence-corrected chi connectivity index (χ1v) is 7.60. The number of ether oxygens (including phenoxy) is 2. The van der Waals surface area contributed by atoms with Crippen molar-refractivity contribution in [2.45, 2.75) is 6.92 Å². The lowest BCUT2D eigenvalue weighted by molar-refractivity contribution is -0.139. The van der Waals surface area contributed by atoms with Gasteiger partial charge in [0.15, 0.2) is 0 Å². The van der Waals surface area contributed by atoms with Gasteiger partial charge in [-0.3, -0.25) is 0 Å². The van der Waals surface area contributed by atoms with Crippen LogP contribution in [0.1, 0.15) is 5.56 Å². The van der Waals surface area contributed by atoms with Crippen molar-refractivity contribution in [3.8, 4) is 0 Å². The van der Waals surface area contributed by atoms with E-state index >= 15 is 0 Å². The standard InChI is InChI=1S/C17H16BrNO4/c1-11-7-8-12(10-14(11)18)19-9-5-4-6-13(16(20)22-2)15(19)17(21)23-3/h4-10H,1-3H3. The molecule has 0 spiro atoms. The lowest BCUT2D eigenvalue weighted by atomic mass is 10.1. The Morgan fingerprint density at radius 3 is 2.39 bits per heavy atom. The number of benzene rings is 1. The van der Waals surface area contributed by atoms with E-state index in [2.05, 4.69) is 15.9 Å². The summed E-state index contributed by atoms with van der Waals surface area (Å²) in [5.41, 5.74) is 1.99. The van der Waals surface area contributed by atoms with Crippen molar-refractivity contribution in [3.63, 3.8) is 0 Å². The van der Waals surface area contributed by atoms with Crippen LogP contribution in [0.15, 0.2) is 58.4 Å². The number of anilines is 1. The fourth-order valence-electron chi connectivity index (χ4n) is 2.10. The van der Waals surface area contributed by atoms with Crippen LogP contribution < -0.4 is 4.90 Å². The summed E-state index contributed by atoms with van der Waals surface area (Å²) in [6.45, 7) is 1.96. The molecule has 0 saturated carbocycles. The van der Waals surface area contributed by atoms with Crippen LogP contribution in [0.25, 0.3) is 0 Å². The zero-order chi connectivity index (χ0) is 17.0. The number of hydrogen-bond acceptors (Lipinski definition) is 5. The largest absolute Gasteiger partial charge is 0.465 e. The highest BCUT2D eigenvalue weighted by Crippen LogP contribution is 2.29. The maximum Gasteiger partial charge on any atom is 0.355 e. The predicted molar refractivity (Wildman–Crippen MR) is 90.7 cm³/mol. The molecule has 0 fully saturated rings. The second-order valence-corrected chi connectivity index (χ2v) is 5.60. The Kier molecular flexibility index (Phi) is 5.39. The summed E-state index contributed by atoms with van der Waals surface area (Å²) in [7, 11) is 2.54. The summed E-state index contributed by atoms with van der Waals surface area (Å²) in [6.07, 6.45) is 6.61. The first-order chi connectivity index (χ1) is 11.0. The van der Waals surface area contributed by atoms with E-state index in [0.717, 1.165) is 10.0 Å². The third-order valence-corrected chi connectivity index (χ3v) is 4.18. The van der Waals surface area contributed by atoms with Crippen LogP contribution in [-0.4, -0.2) is 26.2 Å². The van der Waals surface area contributed by atoms with Crippen molar-refractivity contribution in [1.29, 1.82) is 0 Å². The normalized spacial score (nSPS) is 13.8. The van der Waals surface area contributed by atoms with Crippen LogP contribution in [0.3, 0.4) is 0 Å². The molecule has 0 aliphatic carbocycles. The van der Waals surface area contributed by atoms with Crippen molar-refractivity contribution < 1.29 is 19.1 Å². The van der Waals surface area contributed by atoms with Crippen molar-refractivity contribution >= 4 is 33.6 Å². The van der Waals surface area contributed by atoms with Gasteiger partial charge in [-0.15, -0.1) is 0 Å². The van der Waals surface area contributed by atoms with Gasteiger partial charge >= 0.3 is 11.9 Å². The number of hydrogen-bond donors (Lipinski definition) is 0. The molecule has 1 aromatic carbocycles. The van der Waals surface area contributed by atoms with E-state index in [0.29, 0.717) is 5.69 Å². The summed E-state index contributed by atoms with van der Waals surface area (Å²) >= 11 is 3.47. The molecule has 0 radical (unpaired) electrons. The fraction of sp³-hybridized carbons (Fsp3) is 0.176. The number of esters is 2. The quantitative estimate of drug-likeness (QED) is 0.756. The highest BCUT2D eigenvalue weighted by molar-refractivity contribution is 9.10. The van der Waals surface area contributed by atoms with Gasteiger partial charge in [-0.25, -0.2) is 9.59 Å². The average Bonchev–Trinajstić information content (AvgIpc) is 2.78. The summed E-state index contributed by atoms with van der Waals surface area (Å²) in [6, 6.07) is 5.63. The van der Waals surface area contributed by atoms with Gasteiger partial charge in [0.05, 0.1) is 19.8 Å². The first-order valence-electron chi connectivity index (χ1n) is 6.80. The van der Waals surface area contributed by atoms with Crippen LogP contribution in [0.5, 0.6) is 0 Å². The highest BCUT2D eigenvalue weighted by atomic mass is 79.9.